The molecule has 34 heavy (non-hydrogen) atoms. The van der Waals surface area contributed by atoms with E-state index >= 15 is 0 Å². The van der Waals surface area contributed by atoms with Crippen LogP contribution < -0.4 is 5.32 Å². The van der Waals surface area contributed by atoms with Crippen LogP contribution in [0.5, 0.6) is 0 Å². The minimum Gasteiger partial charge on any atom is -0.302 e. The highest BCUT2D eigenvalue weighted by Gasteiger charge is 2.32. The van der Waals surface area contributed by atoms with E-state index in [1.54, 1.807) is 12.1 Å². The fourth-order valence-corrected chi connectivity index (χ4v) is 5.47. The summed E-state index contributed by atoms with van der Waals surface area (Å²) in [6, 6.07) is 11.0. The molecule has 176 valence electrons. The molecule has 2 aromatic carbocycles. The molecule has 0 radical (unpaired) electrons. The van der Waals surface area contributed by atoms with Crippen molar-refractivity contribution in [1.82, 2.24) is 14.8 Å². The van der Waals surface area contributed by atoms with Crippen LogP contribution in [-0.2, 0) is 11.3 Å². The van der Waals surface area contributed by atoms with Gasteiger partial charge in [-0.3, -0.25) is 24.2 Å². The third-order valence-electron chi connectivity index (χ3n) is 6.70. The van der Waals surface area contributed by atoms with Crippen molar-refractivity contribution in [3.63, 3.8) is 0 Å². The number of nitrogens with one attached hydrogen (secondary N) is 1. The number of thiazole rings is 1. The van der Waals surface area contributed by atoms with Crippen molar-refractivity contribution in [2.75, 3.05) is 25.0 Å². The molecule has 5 rings (SSSR count). The van der Waals surface area contributed by atoms with Gasteiger partial charge in [0.25, 0.3) is 11.8 Å². The molecule has 1 fully saturated rings. The molecular formula is C26H28N4O3S. The number of carbonyl (C=O) groups is 3. The van der Waals surface area contributed by atoms with E-state index in [1.807, 2.05) is 29.6 Å². The highest BCUT2D eigenvalue weighted by Crippen LogP contribution is 2.30. The number of piperidine rings is 1. The van der Waals surface area contributed by atoms with Gasteiger partial charge in [0, 0.05) is 41.4 Å². The number of rotatable bonds is 7. The topological polar surface area (TPSA) is 82.6 Å². The van der Waals surface area contributed by atoms with Gasteiger partial charge in [0.05, 0.1) is 5.69 Å². The van der Waals surface area contributed by atoms with Crippen molar-refractivity contribution >= 4 is 45.0 Å². The highest BCUT2D eigenvalue weighted by molar-refractivity contribution is 7.13. The van der Waals surface area contributed by atoms with E-state index in [0.717, 1.165) is 36.6 Å². The standard InChI is InChI=1S/C26H28N4O3S/c1-17-10-13-29(14-11-17)15-19-16-34-26(27-19)28-22(31)9-4-12-30-24(32)20-7-2-5-18-6-3-8-21(23(18)20)25(30)33/h2-3,5-8,16-17H,4,9-15H2,1H3,(H,27,28,31). The van der Waals surface area contributed by atoms with Crippen molar-refractivity contribution in [3.05, 3.63) is 58.6 Å². The van der Waals surface area contributed by atoms with Gasteiger partial charge in [-0.05, 0) is 55.8 Å². The molecule has 0 unspecified atom stereocenters. The molecule has 0 spiro atoms. The summed E-state index contributed by atoms with van der Waals surface area (Å²) in [6.45, 7) is 5.49. The van der Waals surface area contributed by atoms with Gasteiger partial charge in [0.15, 0.2) is 5.13 Å². The normalized spacial score (nSPS) is 16.9. The van der Waals surface area contributed by atoms with Crippen LogP contribution in [0.4, 0.5) is 5.13 Å². The number of hydrogen-bond donors (Lipinski definition) is 1. The molecule has 7 nitrogen and oxygen atoms in total. The maximum Gasteiger partial charge on any atom is 0.261 e. The second kappa shape index (κ2) is 9.64. The van der Waals surface area contributed by atoms with Gasteiger partial charge in [-0.1, -0.05) is 31.2 Å². The van der Waals surface area contributed by atoms with Crippen molar-refractivity contribution in [2.45, 2.75) is 39.2 Å². The molecule has 0 bridgehead atoms. The summed E-state index contributed by atoms with van der Waals surface area (Å²) in [5.74, 6) is 0.0327. The summed E-state index contributed by atoms with van der Waals surface area (Å²) in [4.78, 5) is 46.6. The molecular weight excluding hydrogens is 448 g/mol. The van der Waals surface area contributed by atoms with Crippen LogP contribution in [0.1, 0.15) is 59.0 Å². The number of aromatic nitrogens is 1. The van der Waals surface area contributed by atoms with E-state index < -0.39 is 0 Å². The Morgan fingerprint density at radius 1 is 1.09 bits per heavy atom. The number of imide groups is 1. The van der Waals surface area contributed by atoms with Gasteiger partial charge < -0.3 is 5.32 Å². The number of carbonyl (C=O) groups excluding carboxylic acids is 3. The van der Waals surface area contributed by atoms with Crippen molar-refractivity contribution in [1.29, 1.82) is 0 Å². The van der Waals surface area contributed by atoms with Crippen LogP contribution in [0.2, 0.25) is 0 Å². The van der Waals surface area contributed by atoms with Gasteiger partial charge in [0.2, 0.25) is 5.91 Å². The van der Waals surface area contributed by atoms with E-state index in [2.05, 4.69) is 22.1 Å². The van der Waals surface area contributed by atoms with Gasteiger partial charge in [-0.25, -0.2) is 4.98 Å². The largest absolute Gasteiger partial charge is 0.302 e. The first-order chi connectivity index (χ1) is 16.5. The monoisotopic (exact) mass is 476 g/mol. The average Bonchev–Trinajstić information content (AvgIpc) is 3.27. The molecule has 0 aliphatic carbocycles. The lowest BCUT2D eigenvalue weighted by Crippen LogP contribution is -2.41. The summed E-state index contributed by atoms with van der Waals surface area (Å²) >= 11 is 1.43. The van der Waals surface area contributed by atoms with E-state index in [4.69, 9.17) is 0 Å². The lowest BCUT2D eigenvalue weighted by atomic mass is 9.94. The van der Waals surface area contributed by atoms with Crippen molar-refractivity contribution in [2.24, 2.45) is 5.92 Å². The molecule has 1 N–H and O–H groups in total. The van der Waals surface area contributed by atoms with Crippen LogP contribution >= 0.6 is 11.3 Å². The quantitative estimate of drug-likeness (QED) is 0.506. The number of hydrogen-bond acceptors (Lipinski definition) is 6. The Hall–Kier alpha value is -3.10. The van der Waals surface area contributed by atoms with E-state index in [1.165, 1.54) is 29.1 Å². The second-order valence-corrected chi connectivity index (χ2v) is 10.1. The van der Waals surface area contributed by atoms with Crippen molar-refractivity contribution < 1.29 is 14.4 Å². The predicted octanol–water partition coefficient (Wildman–Crippen LogP) is 4.54. The zero-order valence-electron chi connectivity index (χ0n) is 19.3. The Balaban J connectivity index is 1.14. The molecule has 2 aliphatic rings. The number of likely N-dealkylation sites (tertiary alicyclic amines) is 1. The molecule has 8 heteroatoms. The lowest BCUT2D eigenvalue weighted by molar-refractivity contribution is -0.116. The Labute approximate surface area is 202 Å². The van der Waals surface area contributed by atoms with Crippen molar-refractivity contribution in [3.8, 4) is 0 Å². The number of amides is 3. The van der Waals surface area contributed by atoms with E-state index in [9.17, 15) is 14.4 Å². The fourth-order valence-electron chi connectivity index (χ4n) is 4.75. The summed E-state index contributed by atoms with van der Waals surface area (Å²) in [6.07, 6.45) is 3.04. The Morgan fingerprint density at radius 2 is 1.76 bits per heavy atom. The zero-order valence-corrected chi connectivity index (χ0v) is 20.1. The van der Waals surface area contributed by atoms with Crippen LogP contribution in [0, 0.1) is 5.92 Å². The van der Waals surface area contributed by atoms with E-state index in [-0.39, 0.29) is 30.7 Å². The Morgan fingerprint density at radius 3 is 2.44 bits per heavy atom. The molecule has 0 saturated carbocycles. The number of nitrogens with zero attached hydrogens (tertiary/aromatic N) is 3. The minimum atomic E-state index is -0.300. The maximum atomic E-state index is 13.0. The third-order valence-corrected chi connectivity index (χ3v) is 7.51. The van der Waals surface area contributed by atoms with Crippen LogP contribution in [0.3, 0.4) is 0 Å². The Bertz CT molecular complexity index is 1200. The smallest absolute Gasteiger partial charge is 0.261 e. The summed E-state index contributed by atoms with van der Waals surface area (Å²) in [5, 5.41) is 7.05. The molecule has 2 aliphatic heterocycles. The number of benzene rings is 2. The molecule has 1 aromatic heterocycles. The second-order valence-electron chi connectivity index (χ2n) is 9.23. The zero-order chi connectivity index (χ0) is 23.7. The third kappa shape index (κ3) is 4.60. The SMILES string of the molecule is CC1CCN(Cc2csc(NC(=O)CCCN3C(=O)c4cccc5cccc(c45)C3=O)n2)CC1. The van der Waals surface area contributed by atoms with Gasteiger partial charge in [-0.15, -0.1) is 11.3 Å². The summed E-state index contributed by atoms with van der Waals surface area (Å²) < 4.78 is 0. The van der Waals surface area contributed by atoms with Crippen LogP contribution in [0.15, 0.2) is 41.8 Å². The molecule has 1 saturated heterocycles. The maximum absolute atomic E-state index is 13.0. The molecule has 0 atom stereocenters. The first-order valence-corrected chi connectivity index (χ1v) is 12.7. The average molecular weight is 477 g/mol. The van der Waals surface area contributed by atoms with Crippen LogP contribution in [0.25, 0.3) is 10.8 Å². The molecule has 3 amide bonds. The van der Waals surface area contributed by atoms with Gasteiger partial charge >= 0.3 is 0 Å². The lowest BCUT2D eigenvalue weighted by Gasteiger charge is -2.29. The Kier molecular flexibility index (Phi) is 6.43. The summed E-state index contributed by atoms with van der Waals surface area (Å²) in [7, 11) is 0. The number of anilines is 1. The molecule has 3 aromatic rings. The van der Waals surface area contributed by atoms with Crippen LogP contribution in [-0.4, -0.2) is 52.1 Å². The molecule has 3 heterocycles. The van der Waals surface area contributed by atoms with Gasteiger partial charge in [0.1, 0.15) is 0 Å². The minimum absolute atomic E-state index is 0.160. The predicted molar refractivity (Wildman–Crippen MR) is 133 cm³/mol. The van der Waals surface area contributed by atoms with Gasteiger partial charge in [-0.2, -0.15) is 0 Å². The highest BCUT2D eigenvalue weighted by atomic mass is 32.1. The first-order valence-electron chi connectivity index (χ1n) is 11.8. The first kappa shape index (κ1) is 22.7. The van der Waals surface area contributed by atoms with E-state index in [0.29, 0.717) is 28.1 Å². The fraction of sp³-hybridized carbons (Fsp3) is 0.385. The summed E-state index contributed by atoms with van der Waals surface area (Å²) in [5.41, 5.74) is 2.05.